The van der Waals surface area contributed by atoms with Crippen LogP contribution in [0.3, 0.4) is 0 Å². The van der Waals surface area contributed by atoms with Crippen LogP contribution in [0.2, 0.25) is 0 Å². The fourth-order valence-corrected chi connectivity index (χ4v) is 3.73. The standard InChI is InChI=1S/C26H21NO6/c1-32-26(31)19-12-10-18(11-13-19)23-22(21(28)14-9-17-6-3-2-4-7-17)24(29)25(30)27(23)16-20-8-5-15-33-20/h2-15,23,29H,16H2,1H3/b14-9+. The van der Waals surface area contributed by atoms with E-state index in [1.165, 1.54) is 24.3 Å². The largest absolute Gasteiger partial charge is 0.503 e. The average Bonchev–Trinajstić information content (AvgIpc) is 3.45. The number of allylic oxidation sites excluding steroid dienone is 1. The van der Waals surface area contributed by atoms with E-state index in [0.717, 1.165) is 5.56 Å². The van der Waals surface area contributed by atoms with E-state index in [1.54, 1.807) is 42.5 Å². The molecule has 0 bridgehead atoms. The summed E-state index contributed by atoms with van der Waals surface area (Å²) in [4.78, 5) is 39.3. The number of furan rings is 1. The van der Waals surface area contributed by atoms with E-state index >= 15 is 0 Å². The van der Waals surface area contributed by atoms with Crippen molar-refractivity contribution in [3.63, 3.8) is 0 Å². The maximum atomic E-state index is 13.1. The lowest BCUT2D eigenvalue weighted by Crippen LogP contribution is -2.30. The van der Waals surface area contributed by atoms with Crippen LogP contribution in [0.5, 0.6) is 0 Å². The molecule has 3 aromatic rings. The number of aliphatic hydroxyl groups excluding tert-OH is 1. The zero-order valence-electron chi connectivity index (χ0n) is 17.8. The number of esters is 1. The second-order valence-electron chi connectivity index (χ2n) is 7.40. The predicted molar refractivity (Wildman–Crippen MR) is 120 cm³/mol. The molecule has 166 valence electrons. The second-order valence-corrected chi connectivity index (χ2v) is 7.40. The van der Waals surface area contributed by atoms with Gasteiger partial charge in [0.2, 0.25) is 0 Å². The van der Waals surface area contributed by atoms with Crippen molar-refractivity contribution in [1.29, 1.82) is 0 Å². The van der Waals surface area contributed by atoms with E-state index in [4.69, 9.17) is 9.15 Å². The summed E-state index contributed by atoms with van der Waals surface area (Å²) in [5, 5.41) is 10.7. The normalized spacial score (nSPS) is 16.0. The highest BCUT2D eigenvalue weighted by atomic mass is 16.5. The zero-order valence-corrected chi connectivity index (χ0v) is 17.8. The summed E-state index contributed by atoms with van der Waals surface area (Å²) in [6.07, 6.45) is 4.44. The molecule has 33 heavy (non-hydrogen) atoms. The number of nitrogens with zero attached hydrogens (tertiary/aromatic N) is 1. The number of ketones is 1. The van der Waals surface area contributed by atoms with Gasteiger partial charge in [0.25, 0.3) is 5.91 Å². The number of hydrogen-bond donors (Lipinski definition) is 1. The molecular formula is C26H21NO6. The highest BCUT2D eigenvalue weighted by Crippen LogP contribution is 2.39. The number of methoxy groups -OCH3 is 1. The Balaban J connectivity index is 1.72. The molecule has 0 aliphatic carbocycles. The van der Waals surface area contributed by atoms with E-state index in [1.807, 2.05) is 30.3 Å². The van der Waals surface area contributed by atoms with Crippen molar-refractivity contribution in [2.24, 2.45) is 0 Å². The molecule has 0 spiro atoms. The molecule has 2 aromatic carbocycles. The zero-order chi connectivity index (χ0) is 23.4. The Labute approximate surface area is 190 Å². The van der Waals surface area contributed by atoms with Crippen LogP contribution in [0.15, 0.2) is 94.8 Å². The molecule has 7 nitrogen and oxygen atoms in total. The molecule has 1 atom stereocenters. The van der Waals surface area contributed by atoms with Gasteiger partial charge in [0, 0.05) is 0 Å². The minimum absolute atomic E-state index is 0.0374. The highest BCUT2D eigenvalue weighted by molar-refractivity contribution is 6.14. The van der Waals surface area contributed by atoms with Crippen LogP contribution < -0.4 is 0 Å². The first kappa shape index (κ1) is 21.8. The molecule has 0 saturated heterocycles. The van der Waals surface area contributed by atoms with E-state index in [2.05, 4.69) is 0 Å². The molecule has 1 aliphatic rings. The van der Waals surface area contributed by atoms with Gasteiger partial charge in [-0.05, 0) is 41.5 Å². The summed E-state index contributed by atoms with van der Waals surface area (Å²) in [6, 6.07) is 18.1. The molecule has 1 N–H and O–H groups in total. The third-order valence-corrected chi connectivity index (χ3v) is 5.35. The highest BCUT2D eigenvalue weighted by Gasteiger charge is 2.43. The van der Waals surface area contributed by atoms with Crippen molar-refractivity contribution < 1.29 is 28.6 Å². The topological polar surface area (TPSA) is 97.1 Å². The van der Waals surface area contributed by atoms with Gasteiger partial charge in [-0.3, -0.25) is 9.59 Å². The average molecular weight is 443 g/mol. The van der Waals surface area contributed by atoms with Gasteiger partial charge in [-0.1, -0.05) is 48.5 Å². The molecule has 2 heterocycles. The first-order valence-electron chi connectivity index (χ1n) is 10.2. The fraction of sp³-hybridized carbons (Fsp3) is 0.115. The summed E-state index contributed by atoms with van der Waals surface area (Å²) in [6.45, 7) is 0.0541. The first-order chi connectivity index (χ1) is 16.0. The number of rotatable bonds is 7. The summed E-state index contributed by atoms with van der Waals surface area (Å²) < 4.78 is 10.1. The number of ether oxygens (including phenoxy) is 1. The number of aliphatic hydroxyl groups is 1. The maximum absolute atomic E-state index is 13.1. The number of carbonyl (C=O) groups excluding carboxylic acids is 3. The van der Waals surface area contributed by atoms with Crippen LogP contribution in [0.1, 0.15) is 33.3 Å². The Hall–Kier alpha value is -4.39. The summed E-state index contributed by atoms with van der Waals surface area (Å²) in [5.41, 5.74) is 1.66. The van der Waals surface area contributed by atoms with Gasteiger partial charge in [-0.25, -0.2) is 4.79 Å². The summed E-state index contributed by atoms with van der Waals surface area (Å²) in [7, 11) is 1.29. The van der Waals surface area contributed by atoms with Gasteiger partial charge in [-0.15, -0.1) is 0 Å². The van der Waals surface area contributed by atoms with Gasteiger partial charge in [0.1, 0.15) is 5.76 Å². The first-order valence-corrected chi connectivity index (χ1v) is 10.2. The molecule has 0 saturated carbocycles. The van der Waals surface area contributed by atoms with Crippen LogP contribution in [-0.2, 0) is 20.9 Å². The Kier molecular flexibility index (Phi) is 6.22. The van der Waals surface area contributed by atoms with Gasteiger partial charge >= 0.3 is 5.97 Å². The van der Waals surface area contributed by atoms with E-state index in [0.29, 0.717) is 16.9 Å². The lowest BCUT2D eigenvalue weighted by Gasteiger charge is -2.26. The van der Waals surface area contributed by atoms with Crippen LogP contribution in [0.25, 0.3) is 6.08 Å². The van der Waals surface area contributed by atoms with Crippen molar-refractivity contribution in [3.8, 4) is 0 Å². The van der Waals surface area contributed by atoms with Crippen LogP contribution in [-0.4, -0.2) is 34.8 Å². The Morgan fingerprint density at radius 1 is 1.06 bits per heavy atom. The molecule has 0 radical (unpaired) electrons. The lowest BCUT2D eigenvalue weighted by atomic mass is 9.94. The lowest BCUT2D eigenvalue weighted by molar-refractivity contribution is -0.130. The van der Waals surface area contributed by atoms with Crippen LogP contribution in [0, 0.1) is 0 Å². The molecule has 7 heteroatoms. The minimum Gasteiger partial charge on any atom is -0.503 e. The quantitative estimate of drug-likeness (QED) is 0.433. The fourth-order valence-electron chi connectivity index (χ4n) is 3.73. The van der Waals surface area contributed by atoms with E-state index in [9.17, 15) is 19.5 Å². The number of benzene rings is 2. The van der Waals surface area contributed by atoms with Crippen molar-refractivity contribution in [1.82, 2.24) is 4.90 Å². The van der Waals surface area contributed by atoms with Gasteiger partial charge in [-0.2, -0.15) is 0 Å². The molecule has 1 aliphatic heterocycles. The van der Waals surface area contributed by atoms with Gasteiger partial charge in [0.15, 0.2) is 11.5 Å². The number of carbonyl (C=O) groups is 3. The Bertz CT molecular complexity index is 1220. The Morgan fingerprint density at radius 3 is 2.42 bits per heavy atom. The van der Waals surface area contributed by atoms with Crippen molar-refractivity contribution in [2.75, 3.05) is 7.11 Å². The van der Waals surface area contributed by atoms with E-state index < -0.39 is 29.5 Å². The maximum Gasteiger partial charge on any atom is 0.337 e. The molecule has 1 unspecified atom stereocenters. The monoisotopic (exact) mass is 443 g/mol. The number of hydrogen-bond acceptors (Lipinski definition) is 6. The third-order valence-electron chi connectivity index (χ3n) is 5.35. The van der Waals surface area contributed by atoms with Crippen LogP contribution in [0.4, 0.5) is 0 Å². The van der Waals surface area contributed by atoms with Crippen molar-refractivity contribution >= 4 is 23.7 Å². The molecule has 0 fully saturated rings. The minimum atomic E-state index is -0.859. The second kappa shape index (κ2) is 9.40. The van der Waals surface area contributed by atoms with Gasteiger partial charge < -0.3 is 19.2 Å². The van der Waals surface area contributed by atoms with Crippen molar-refractivity contribution in [3.05, 3.63) is 113 Å². The molecule has 1 aromatic heterocycles. The smallest absolute Gasteiger partial charge is 0.337 e. The Morgan fingerprint density at radius 2 is 1.79 bits per heavy atom. The molecular weight excluding hydrogens is 422 g/mol. The van der Waals surface area contributed by atoms with Crippen molar-refractivity contribution in [2.45, 2.75) is 12.6 Å². The van der Waals surface area contributed by atoms with Crippen LogP contribution >= 0.6 is 0 Å². The third kappa shape index (κ3) is 4.48. The summed E-state index contributed by atoms with van der Waals surface area (Å²) >= 11 is 0. The van der Waals surface area contributed by atoms with Gasteiger partial charge in [0.05, 0.1) is 37.1 Å². The summed E-state index contributed by atoms with van der Waals surface area (Å²) in [5.74, 6) is -1.78. The number of amides is 1. The molecule has 1 amide bonds. The predicted octanol–water partition coefficient (Wildman–Crippen LogP) is 4.24. The van der Waals surface area contributed by atoms with E-state index in [-0.39, 0.29) is 12.1 Å². The molecule has 4 rings (SSSR count). The SMILES string of the molecule is COC(=O)c1ccc(C2C(C(=O)/C=C/c3ccccc3)=C(O)C(=O)N2Cc2ccco2)cc1.